The molecule has 0 bridgehead atoms. The Bertz CT molecular complexity index is 1470. The van der Waals surface area contributed by atoms with Crippen molar-refractivity contribution in [1.29, 1.82) is 0 Å². The Morgan fingerprint density at radius 1 is 0.953 bits per heavy atom. The monoisotopic (exact) mass is 602 g/mol. The predicted molar refractivity (Wildman–Crippen MR) is 145 cm³/mol. The Labute approximate surface area is 243 Å². The van der Waals surface area contributed by atoms with Crippen molar-refractivity contribution in [3.63, 3.8) is 0 Å². The van der Waals surface area contributed by atoms with E-state index in [-0.39, 0.29) is 34.2 Å². The summed E-state index contributed by atoms with van der Waals surface area (Å²) >= 11 is 0. The Kier molecular flexibility index (Phi) is 8.98. The average Bonchev–Trinajstić information content (AvgIpc) is 3.26. The van der Waals surface area contributed by atoms with Crippen LogP contribution in [-0.2, 0) is 16.0 Å². The minimum Gasteiger partial charge on any atom is -0.542 e. The summed E-state index contributed by atoms with van der Waals surface area (Å²) in [4.78, 5) is 34.5. The fraction of sp³-hybridized carbons (Fsp3) is 0.323. The first kappa shape index (κ1) is 31.3. The van der Waals surface area contributed by atoms with Crippen molar-refractivity contribution in [2.75, 3.05) is 11.4 Å². The number of phenols is 2. The first-order chi connectivity index (χ1) is 20.2. The molecule has 0 unspecified atom stereocenters. The number of aliphatic carboxylic acids is 1. The molecule has 1 amide bonds. The van der Waals surface area contributed by atoms with Crippen LogP contribution in [0.25, 0.3) is 11.1 Å². The highest BCUT2D eigenvalue weighted by Gasteiger charge is 2.45. The van der Waals surface area contributed by atoms with E-state index in [1.54, 1.807) is 29.2 Å². The van der Waals surface area contributed by atoms with Gasteiger partial charge in [0.25, 0.3) is 0 Å². The number of carboxylic acids is 2. The second kappa shape index (κ2) is 12.3. The van der Waals surface area contributed by atoms with Crippen LogP contribution >= 0.6 is 0 Å². The van der Waals surface area contributed by atoms with E-state index in [0.29, 0.717) is 30.0 Å². The highest BCUT2D eigenvalue weighted by Crippen LogP contribution is 2.48. The number of rotatable bonds is 5. The molecule has 3 aromatic carbocycles. The highest BCUT2D eigenvalue weighted by molar-refractivity contribution is 5.97. The van der Waals surface area contributed by atoms with Gasteiger partial charge in [-0.25, -0.2) is 9.18 Å². The minimum absolute atomic E-state index is 0.0326. The zero-order chi connectivity index (χ0) is 31.5. The molecule has 0 radical (unpaired) electrons. The van der Waals surface area contributed by atoms with E-state index in [2.05, 4.69) is 0 Å². The van der Waals surface area contributed by atoms with E-state index >= 15 is 0 Å². The summed E-state index contributed by atoms with van der Waals surface area (Å²) in [6.07, 6.45) is -0.262. The van der Waals surface area contributed by atoms with Gasteiger partial charge in [0.05, 0.1) is 11.1 Å². The lowest BCUT2D eigenvalue weighted by atomic mass is 9.69. The lowest BCUT2D eigenvalue weighted by Crippen LogP contribution is -2.37. The van der Waals surface area contributed by atoms with E-state index < -0.39 is 18.1 Å². The van der Waals surface area contributed by atoms with Gasteiger partial charge < -0.3 is 30.1 Å². The summed E-state index contributed by atoms with van der Waals surface area (Å²) in [7, 11) is 0. The van der Waals surface area contributed by atoms with Crippen molar-refractivity contribution >= 4 is 23.5 Å². The van der Waals surface area contributed by atoms with Crippen molar-refractivity contribution in [2.24, 2.45) is 11.3 Å². The molecule has 1 spiro atoms. The molecule has 1 aliphatic heterocycles. The van der Waals surface area contributed by atoms with E-state index in [0.717, 1.165) is 43.4 Å². The van der Waals surface area contributed by atoms with Crippen LogP contribution in [0.2, 0.25) is 0 Å². The van der Waals surface area contributed by atoms with Gasteiger partial charge >= 0.3 is 12.1 Å². The van der Waals surface area contributed by atoms with Crippen molar-refractivity contribution in [1.82, 2.24) is 0 Å². The largest absolute Gasteiger partial charge is 0.542 e. The molecule has 5 rings (SSSR count). The fourth-order valence-electron chi connectivity index (χ4n) is 5.78. The van der Waals surface area contributed by atoms with Crippen molar-refractivity contribution in [2.45, 2.75) is 44.7 Å². The minimum atomic E-state index is -5.19. The Hall–Kier alpha value is -4.61. The molecular formula is C31H28F4NO7-. The number of aromatic carboxylic acids is 1. The maximum atomic E-state index is 13.2. The first-order valence-corrected chi connectivity index (χ1v) is 13.4. The Balaban J connectivity index is 0.000000541. The van der Waals surface area contributed by atoms with Crippen LogP contribution in [0.1, 0.15) is 48.0 Å². The smallest absolute Gasteiger partial charge is 0.430 e. The van der Waals surface area contributed by atoms with Gasteiger partial charge in [0, 0.05) is 18.7 Å². The average molecular weight is 603 g/mol. The number of aromatic hydroxyl groups is 2. The molecule has 1 saturated heterocycles. The number of benzene rings is 3. The molecule has 3 aromatic rings. The number of carbonyl (C=O) groups excluding carboxylic acids is 2. The molecule has 8 nitrogen and oxygen atoms in total. The third-order valence-corrected chi connectivity index (χ3v) is 7.96. The molecule has 1 saturated carbocycles. The van der Waals surface area contributed by atoms with Crippen LogP contribution in [0.15, 0.2) is 60.7 Å². The molecule has 1 aliphatic carbocycles. The quantitative estimate of drug-likeness (QED) is 0.347. The zero-order valence-electron chi connectivity index (χ0n) is 22.7. The van der Waals surface area contributed by atoms with Crippen LogP contribution in [0.5, 0.6) is 11.5 Å². The van der Waals surface area contributed by atoms with Crippen LogP contribution in [0, 0.1) is 17.2 Å². The third kappa shape index (κ3) is 7.43. The first-order valence-electron chi connectivity index (χ1n) is 13.4. The summed E-state index contributed by atoms with van der Waals surface area (Å²) in [6.45, 7) is 0.638. The number of nitrogens with zero attached hydrogens (tertiary/aromatic N) is 1. The highest BCUT2D eigenvalue weighted by atomic mass is 19.4. The van der Waals surface area contributed by atoms with Crippen molar-refractivity contribution in [3.05, 3.63) is 77.6 Å². The molecule has 3 N–H and O–H groups in total. The molecular weight excluding hydrogens is 574 g/mol. The maximum Gasteiger partial charge on any atom is 0.430 e. The summed E-state index contributed by atoms with van der Waals surface area (Å²) in [5.41, 5.74) is 2.54. The molecule has 0 aromatic heterocycles. The molecule has 43 heavy (non-hydrogen) atoms. The molecule has 12 heteroatoms. The van der Waals surface area contributed by atoms with Gasteiger partial charge in [0.1, 0.15) is 23.3 Å². The van der Waals surface area contributed by atoms with Crippen LogP contribution in [-0.4, -0.2) is 45.9 Å². The van der Waals surface area contributed by atoms with Gasteiger partial charge in [-0.2, -0.15) is 13.2 Å². The second-order valence-electron chi connectivity index (χ2n) is 11.0. The van der Waals surface area contributed by atoms with Gasteiger partial charge in [-0.15, -0.1) is 0 Å². The van der Waals surface area contributed by atoms with E-state index in [4.69, 9.17) is 15.0 Å². The number of phenolic OH excluding ortho intramolecular Hbond substituents is 2. The predicted octanol–water partition coefficient (Wildman–Crippen LogP) is 5.06. The summed E-state index contributed by atoms with van der Waals surface area (Å²) in [5, 5.41) is 39.0. The number of amides is 1. The number of hydrogen-bond acceptors (Lipinski definition) is 6. The van der Waals surface area contributed by atoms with Gasteiger partial charge in [-0.05, 0) is 103 Å². The molecule has 2 aliphatic rings. The zero-order valence-corrected chi connectivity index (χ0v) is 22.7. The maximum absolute atomic E-state index is 13.2. The summed E-state index contributed by atoms with van der Waals surface area (Å²) < 4.78 is 44.8. The molecule has 2 fully saturated rings. The lowest BCUT2D eigenvalue weighted by Gasteiger charge is -2.36. The standard InChI is InChI=1S/C29H28FNO5.C2HF3O2/c30-22-5-1-20(2-6-22)27-24(32)14-19(15-25(27)33)13-18-9-11-29(12-10-18)16-26(34)31(17-29)23-7-3-21(4-8-23)28(35)36;3-2(4,5)1(6)7/h1-8,14-15,18,32-33H,9-13,16-17H2,(H,35,36);(H,6,7)/p-1. The van der Waals surface area contributed by atoms with Crippen molar-refractivity contribution in [3.8, 4) is 22.6 Å². The summed E-state index contributed by atoms with van der Waals surface area (Å²) in [6, 6.07) is 15.4. The van der Waals surface area contributed by atoms with Crippen LogP contribution < -0.4 is 10.0 Å². The van der Waals surface area contributed by atoms with Gasteiger partial charge in [-0.3, -0.25) is 4.79 Å². The van der Waals surface area contributed by atoms with Gasteiger partial charge in [0.15, 0.2) is 0 Å². The van der Waals surface area contributed by atoms with E-state index in [1.807, 2.05) is 0 Å². The number of alkyl halides is 3. The molecule has 1 heterocycles. The van der Waals surface area contributed by atoms with Crippen LogP contribution in [0.3, 0.4) is 0 Å². The molecule has 0 atom stereocenters. The van der Waals surface area contributed by atoms with Gasteiger partial charge in [0.2, 0.25) is 5.91 Å². The number of halogens is 4. The van der Waals surface area contributed by atoms with Crippen LogP contribution in [0.4, 0.5) is 23.2 Å². The molecule has 228 valence electrons. The van der Waals surface area contributed by atoms with E-state index in [1.165, 1.54) is 36.4 Å². The van der Waals surface area contributed by atoms with Gasteiger partial charge in [-0.1, -0.05) is 12.1 Å². The third-order valence-electron chi connectivity index (χ3n) is 7.96. The number of anilines is 1. The summed E-state index contributed by atoms with van der Waals surface area (Å²) in [5.74, 6) is -3.99. The Morgan fingerprint density at radius 3 is 1.98 bits per heavy atom. The number of hydrogen-bond donors (Lipinski definition) is 3. The topological polar surface area (TPSA) is 138 Å². The number of carbonyl (C=O) groups is 3. The van der Waals surface area contributed by atoms with E-state index in [9.17, 15) is 37.4 Å². The normalized spacial score (nSPS) is 20.0. The van der Waals surface area contributed by atoms with Crippen molar-refractivity contribution < 1.29 is 52.4 Å². The Morgan fingerprint density at radius 2 is 1.49 bits per heavy atom. The lowest BCUT2D eigenvalue weighted by molar-refractivity contribution is -0.344. The number of carboxylic acid groups (broad SMARTS) is 2. The fourth-order valence-corrected chi connectivity index (χ4v) is 5.78. The second-order valence-corrected chi connectivity index (χ2v) is 11.0. The SMILES string of the molecule is O=C(O)c1ccc(N2CC3(CCC(Cc4cc(O)c(-c5ccc(F)cc5)c(O)c4)CC3)CC2=O)cc1.O=C([O-])C(F)(F)F.